The molecule has 0 aliphatic carbocycles. The van der Waals surface area contributed by atoms with Gasteiger partial charge in [-0.3, -0.25) is 19.2 Å². The normalized spacial score (nSPS) is 11.5. The van der Waals surface area contributed by atoms with E-state index in [2.05, 4.69) is 10.6 Å². The minimum Gasteiger partial charge on any atom is -0.461 e. The predicted octanol–water partition coefficient (Wildman–Crippen LogP) is 5.86. The fourth-order valence-corrected chi connectivity index (χ4v) is 5.58. The Labute approximate surface area is 335 Å². The van der Waals surface area contributed by atoms with Crippen LogP contribution in [0.5, 0.6) is 0 Å². The monoisotopic (exact) mass is 782 g/mol. The Morgan fingerprint density at radius 3 is 1.09 bits per heavy atom. The van der Waals surface area contributed by atoms with Crippen LogP contribution in [0.2, 0.25) is 0 Å². The van der Waals surface area contributed by atoms with Crippen LogP contribution in [0, 0.1) is 0 Å². The SMILES string of the molecule is O=C(CCC(CC(=O)OCc1ccccc1)NCCOCCOCCNC(CC(=O)OCc1ccccc1)CC(=O)OCc1ccccc1)OCc1ccccc1. The molecule has 0 saturated heterocycles. The number of ether oxygens (including phenoxy) is 6. The Morgan fingerprint density at radius 1 is 0.404 bits per heavy atom. The third kappa shape index (κ3) is 20.4. The van der Waals surface area contributed by atoms with E-state index in [0.717, 1.165) is 22.3 Å². The van der Waals surface area contributed by atoms with Crippen molar-refractivity contribution >= 4 is 23.9 Å². The van der Waals surface area contributed by atoms with Gasteiger partial charge >= 0.3 is 23.9 Å². The molecule has 12 heteroatoms. The maximum atomic E-state index is 12.7. The molecular formula is C45H54N2O10. The summed E-state index contributed by atoms with van der Waals surface area (Å²) in [5, 5.41) is 6.53. The highest BCUT2D eigenvalue weighted by atomic mass is 16.5. The molecule has 1 unspecified atom stereocenters. The summed E-state index contributed by atoms with van der Waals surface area (Å²) >= 11 is 0. The van der Waals surface area contributed by atoms with Crippen LogP contribution in [0.15, 0.2) is 121 Å². The zero-order valence-electron chi connectivity index (χ0n) is 32.4. The summed E-state index contributed by atoms with van der Waals surface area (Å²) in [7, 11) is 0. The Kier molecular flexibility index (Phi) is 21.2. The predicted molar refractivity (Wildman–Crippen MR) is 213 cm³/mol. The van der Waals surface area contributed by atoms with E-state index in [9.17, 15) is 19.2 Å². The number of hydrogen-bond donors (Lipinski definition) is 2. The van der Waals surface area contributed by atoms with Crippen LogP contribution in [0.25, 0.3) is 0 Å². The highest BCUT2D eigenvalue weighted by Crippen LogP contribution is 2.11. The van der Waals surface area contributed by atoms with Crippen LogP contribution in [0.3, 0.4) is 0 Å². The second kappa shape index (κ2) is 27.2. The molecule has 57 heavy (non-hydrogen) atoms. The summed E-state index contributed by atoms with van der Waals surface area (Å²) in [6.07, 6.45) is 0.601. The highest BCUT2D eigenvalue weighted by molar-refractivity contribution is 5.74. The first-order valence-electron chi connectivity index (χ1n) is 19.3. The van der Waals surface area contributed by atoms with E-state index < -0.39 is 18.0 Å². The van der Waals surface area contributed by atoms with Gasteiger partial charge in [0, 0.05) is 31.6 Å². The summed E-state index contributed by atoms with van der Waals surface area (Å²) < 4.78 is 33.2. The van der Waals surface area contributed by atoms with Crippen LogP contribution in [0.1, 0.15) is 54.4 Å². The van der Waals surface area contributed by atoms with Crippen LogP contribution in [-0.2, 0) is 74.0 Å². The summed E-state index contributed by atoms with van der Waals surface area (Å²) in [4.78, 5) is 50.5. The van der Waals surface area contributed by atoms with Gasteiger partial charge in [0.05, 0.1) is 45.7 Å². The molecular weight excluding hydrogens is 728 g/mol. The van der Waals surface area contributed by atoms with Gasteiger partial charge in [0.25, 0.3) is 0 Å². The molecule has 2 N–H and O–H groups in total. The molecule has 0 aliphatic rings. The van der Waals surface area contributed by atoms with E-state index in [-0.39, 0.29) is 70.1 Å². The van der Waals surface area contributed by atoms with E-state index in [0.29, 0.717) is 45.9 Å². The third-order valence-electron chi connectivity index (χ3n) is 8.64. The van der Waals surface area contributed by atoms with Crippen molar-refractivity contribution in [3.63, 3.8) is 0 Å². The average molecular weight is 783 g/mol. The van der Waals surface area contributed by atoms with Gasteiger partial charge in [-0.2, -0.15) is 0 Å². The molecule has 0 saturated carbocycles. The molecule has 0 heterocycles. The zero-order chi connectivity index (χ0) is 40.2. The number of nitrogens with one attached hydrogen (secondary N) is 2. The summed E-state index contributed by atoms with van der Waals surface area (Å²) in [6, 6.07) is 36.9. The van der Waals surface area contributed by atoms with Crippen molar-refractivity contribution < 1.29 is 47.6 Å². The molecule has 0 amide bonds. The molecule has 304 valence electrons. The lowest BCUT2D eigenvalue weighted by molar-refractivity contribution is -0.148. The summed E-state index contributed by atoms with van der Waals surface area (Å²) in [6.45, 7) is 2.83. The van der Waals surface area contributed by atoms with Crippen molar-refractivity contribution in [3.05, 3.63) is 144 Å². The molecule has 1 atom stereocenters. The van der Waals surface area contributed by atoms with Crippen molar-refractivity contribution in [1.29, 1.82) is 0 Å². The topological polar surface area (TPSA) is 148 Å². The molecule has 0 spiro atoms. The number of benzene rings is 4. The van der Waals surface area contributed by atoms with Crippen molar-refractivity contribution in [2.24, 2.45) is 0 Å². The van der Waals surface area contributed by atoms with Gasteiger partial charge in [-0.25, -0.2) is 0 Å². The van der Waals surface area contributed by atoms with Crippen LogP contribution < -0.4 is 10.6 Å². The van der Waals surface area contributed by atoms with Crippen LogP contribution >= 0.6 is 0 Å². The van der Waals surface area contributed by atoms with Gasteiger partial charge in [0.15, 0.2) is 0 Å². The van der Waals surface area contributed by atoms with Gasteiger partial charge in [-0.05, 0) is 28.7 Å². The second-order valence-corrected chi connectivity index (χ2v) is 13.3. The number of rotatable bonds is 28. The van der Waals surface area contributed by atoms with E-state index >= 15 is 0 Å². The molecule has 0 radical (unpaired) electrons. The number of carbonyl (C=O) groups is 4. The Morgan fingerprint density at radius 2 is 0.719 bits per heavy atom. The molecule has 4 aromatic rings. The molecule has 12 nitrogen and oxygen atoms in total. The molecule has 0 aliphatic heterocycles. The van der Waals surface area contributed by atoms with Gasteiger partial charge in [0.1, 0.15) is 26.4 Å². The van der Waals surface area contributed by atoms with Crippen molar-refractivity contribution in [2.75, 3.05) is 39.5 Å². The Balaban J connectivity index is 1.12. The second-order valence-electron chi connectivity index (χ2n) is 13.3. The zero-order valence-corrected chi connectivity index (χ0v) is 32.4. The molecule has 0 aromatic heterocycles. The minimum absolute atomic E-state index is 0.00992. The minimum atomic E-state index is -0.503. The van der Waals surface area contributed by atoms with Gasteiger partial charge in [0.2, 0.25) is 0 Å². The lowest BCUT2D eigenvalue weighted by Crippen LogP contribution is -2.36. The Hall–Kier alpha value is -5.40. The largest absolute Gasteiger partial charge is 0.461 e. The number of esters is 4. The lowest BCUT2D eigenvalue weighted by atomic mass is 10.1. The fourth-order valence-electron chi connectivity index (χ4n) is 5.58. The molecule has 4 aromatic carbocycles. The maximum absolute atomic E-state index is 12.7. The van der Waals surface area contributed by atoms with Crippen molar-refractivity contribution in [3.8, 4) is 0 Å². The van der Waals surface area contributed by atoms with Crippen LogP contribution in [-0.4, -0.2) is 75.5 Å². The van der Waals surface area contributed by atoms with E-state index in [1.54, 1.807) is 0 Å². The lowest BCUT2D eigenvalue weighted by Gasteiger charge is -2.18. The first-order chi connectivity index (χ1) is 27.9. The molecule has 0 bridgehead atoms. The van der Waals surface area contributed by atoms with E-state index in [4.69, 9.17) is 28.4 Å². The van der Waals surface area contributed by atoms with Gasteiger partial charge in [-0.1, -0.05) is 121 Å². The number of carbonyl (C=O) groups excluding carboxylic acids is 4. The van der Waals surface area contributed by atoms with Gasteiger partial charge < -0.3 is 39.1 Å². The average Bonchev–Trinajstić information content (AvgIpc) is 3.24. The van der Waals surface area contributed by atoms with E-state index in [1.807, 2.05) is 121 Å². The standard InChI is InChI=1S/C45H54N2O10/c48-42(54-32-36-13-5-1-6-14-36)22-21-40(29-43(49)55-33-37-15-7-2-8-16-37)46-23-25-52-27-28-53-26-24-47-41(30-44(50)56-34-38-17-9-3-10-18-38)31-45(51)57-35-39-19-11-4-12-20-39/h1-20,40-41,46-47H,21-35H2. The van der Waals surface area contributed by atoms with Crippen molar-refractivity contribution in [1.82, 2.24) is 10.6 Å². The Bertz CT molecular complexity index is 1650. The van der Waals surface area contributed by atoms with E-state index in [1.165, 1.54) is 0 Å². The van der Waals surface area contributed by atoms with Gasteiger partial charge in [-0.15, -0.1) is 0 Å². The maximum Gasteiger partial charge on any atom is 0.307 e. The fraction of sp³-hybridized carbons (Fsp3) is 0.378. The first kappa shape index (κ1) is 44.3. The quantitative estimate of drug-likeness (QED) is 0.0404. The summed E-state index contributed by atoms with van der Waals surface area (Å²) in [5.74, 6) is -1.57. The highest BCUT2D eigenvalue weighted by Gasteiger charge is 2.20. The molecule has 0 fully saturated rings. The van der Waals surface area contributed by atoms with Crippen molar-refractivity contribution in [2.45, 2.75) is 70.6 Å². The van der Waals surface area contributed by atoms with Crippen LogP contribution in [0.4, 0.5) is 0 Å². The smallest absolute Gasteiger partial charge is 0.307 e. The third-order valence-corrected chi connectivity index (χ3v) is 8.64. The summed E-state index contributed by atoms with van der Waals surface area (Å²) in [5.41, 5.74) is 3.55. The molecule has 4 rings (SSSR count). The first-order valence-corrected chi connectivity index (χ1v) is 19.3. The number of hydrogen-bond acceptors (Lipinski definition) is 12.